The summed E-state index contributed by atoms with van der Waals surface area (Å²) < 4.78 is 6.40. The van der Waals surface area contributed by atoms with Crippen LogP contribution in [0.5, 0.6) is 5.75 Å². The summed E-state index contributed by atoms with van der Waals surface area (Å²) in [7, 11) is 1.66. The van der Waals surface area contributed by atoms with Crippen molar-refractivity contribution in [3.8, 4) is 5.75 Å². The van der Waals surface area contributed by atoms with Crippen molar-refractivity contribution in [3.05, 3.63) is 62.8 Å². The van der Waals surface area contributed by atoms with Crippen LogP contribution in [0, 0.1) is 0 Å². The van der Waals surface area contributed by atoms with Gasteiger partial charge in [-0.3, -0.25) is 0 Å². The van der Waals surface area contributed by atoms with Crippen molar-refractivity contribution in [1.82, 2.24) is 0 Å². The highest BCUT2D eigenvalue weighted by molar-refractivity contribution is 9.11. The summed E-state index contributed by atoms with van der Waals surface area (Å²) in [6.45, 7) is 0. The van der Waals surface area contributed by atoms with E-state index in [-0.39, 0.29) is 0 Å². The SMILES string of the molecule is COc1ccc(C(O)c2csc(Br)c2)c2ccccc12. The van der Waals surface area contributed by atoms with Crippen molar-refractivity contribution >= 4 is 38.0 Å². The largest absolute Gasteiger partial charge is 0.496 e. The number of hydrogen-bond acceptors (Lipinski definition) is 3. The molecule has 2 nitrogen and oxygen atoms in total. The van der Waals surface area contributed by atoms with Crippen LogP contribution < -0.4 is 4.74 Å². The zero-order chi connectivity index (χ0) is 14.1. The molecule has 1 heterocycles. The predicted molar refractivity (Wildman–Crippen MR) is 86.6 cm³/mol. The maximum atomic E-state index is 10.6. The van der Waals surface area contributed by atoms with Crippen LogP contribution in [0.25, 0.3) is 10.8 Å². The smallest absolute Gasteiger partial charge is 0.126 e. The highest BCUT2D eigenvalue weighted by atomic mass is 79.9. The molecule has 3 aromatic rings. The molecule has 0 amide bonds. The monoisotopic (exact) mass is 348 g/mol. The lowest BCUT2D eigenvalue weighted by Crippen LogP contribution is -1.99. The number of thiophene rings is 1. The molecule has 0 aliphatic carbocycles. The maximum absolute atomic E-state index is 10.6. The second-order valence-electron chi connectivity index (χ2n) is 4.49. The minimum Gasteiger partial charge on any atom is -0.496 e. The van der Waals surface area contributed by atoms with Gasteiger partial charge < -0.3 is 9.84 Å². The Bertz CT molecular complexity index is 751. The van der Waals surface area contributed by atoms with Crippen LogP contribution >= 0.6 is 27.3 Å². The fraction of sp³-hybridized carbons (Fsp3) is 0.125. The molecule has 3 rings (SSSR count). The van der Waals surface area contributed by atoms with E-state index in [9.17, 15) is 5.11 Å². The van der Waals surface area contributed by atoms with E-state index in [1.165, 1.54) is 0 Å². The maximum Gasteiger partial charge on any atom is 0.126 e. The second kappa shape index (κ2) is 5.56. The molecule has 20 heavy (non-hydrogen) atoms. The van der Waals surface area contributed by atoms with Crippen molar-refractivity contribution in [2.45, 2.75) is 6.10 Å². The molecule has 0 radical (unpaired) electrons. The zero-order valence-corrected chi connectivity index (χ0v) is 13.2. The van der Waals surface area contributed by atoms with E-state index in [2.05, 4.69) is 15.9 Å². The Morgan fingerprint density at radius 2 is 1.90 bits per heavy atom. The Balaban J connectivity index is 2.17. The molecule has 0 aliphatic rings. The van der Waals surface area contributed by atoms with Crippen LogP contribution in [0.1, 0.15) is 17.2 Å². The van der Waals surface area contributed by atoms with E-state index in [0.29, 0.717) is 0 Å². The third-order valence-corrected chi connectivity index (χ3v) is 4.86. The average molecular weight is 349 g/mol. The lowest BCUT2D eigenvalue weighted by atomic mass is 9.97. The van der Waals surface area contributed by atoms with E-state index >= 15 is 0 Å². The molecule has 4 heteroatoms. The number of fused-ring (bicyclic) bond motifs is 1. The first-order valence-corrected chi connectivity index (χ1v) is 7.85. The minimum atomic E-state index is -0.631. The van der Waals surface area contributed by atoms with Crippen LogP contribution in [-0.2, 0) is 0 Å². The lowest BCUT2D eigenvalue weighted by molar-refractivity contribution is 0.222. The number of aliphatic hydroxyl groups is 1. The molecule has 0 aliphatic heterocycles. The normalized spacial score (nSPS) is 12.6. The first kappa shape index (κ1) is 13.6. The van der Waals surface area contributed by atoms with E-state index < -0.39 is 6.10 Å². The minimum absolute atomic E-state index is 0.631. The van der Waals surface area contributed by atoms with Gasteiger partial charge in [0, 0.05) is 5.39 Å². The molecule has 0 spiro atoms. The standard InChI is InChI=1S/C16H13BrO2S/c1-19-14-7-6-13(11-4-2-3-5-12(11)14)16(18)10-8-15(17)20-9-10/h2-9,16,18H,1H3. The molecular weight excluding hydrogens is 336 g/mol. The number of hydrogen-bond donors (Lipinski definition) is 1. The highest BCUT2D eigenvalue weighted by Crippen LogP contribution is 2.35. The Morgan fingerprint density at radius 1 is 1.15 bits per heavy atom. The topological polar surface area (TPSA) is 29.5 Å². The van der Waals surface area contributed by atoms with Crippen LogP contribution in [0.15, 0.2) is 51.6 Å². The highest BCUT2D eigenvalue weighted by Gasteiger charge is 2.16. The third kappa shape index (κ3) is 2.35. The van der Waals surface area contributed by atoms with Crippen molar-refractivity contribution in [2.75, 3.05) is 7.11 Å². The molecule has 0 bridgehead atoms. The van der Waals surface area contributed by atoms with E-state index in [0.717, 1.165) is 31.4 Å². The molecule has 2 aromatic carbocycles. The number of aliphatic hydroxyl groups excluding tert-OH is 1. The van der Waals surface area contributed by atoms with Gasteiger partial charge in [0.25, 0.3) is 0 Å². The van der Waals surface area contributed by atoms with Gasteiger partial charge in [0.05, 0.1) is 10.9 Å². The van der Waals surface area contributed by atoms with Gasteiger partial charge in [-0.2, -0.15) is 0 Å². The average Bonchev–Trinajstić information content (AvgIpc) is 2.92. The second-order valence-corrected chi connectivity index (χ2v) is 6.78. The van der Waals surface area contributed by atoms with Crippen molar-refractivity contribution in [1.29, 1.82) is 0 Å². The van der Waals surface area contributed by atoms with Crippen LogP contribution in [0.3, 0.4) is 0 Å². The predicted octanol–water partition coefficient (Wildman–Crippen LogP) is 4.75. The fourth-order valence-electron chi connectivity index (χ4n) is 2.36. The Kier molecular flexibility index (Phi) is 3.78. The fourth-order valence-corrected chi connectivity index (χ4v) is 3.55. The third-order valence-electron chi connectivity index (χ3n) is 3.34. The van der Waals surface area contributed by atoms with Gasteiger partial charge in [0.15, 0.2) is 0 Å². The quantitative estimate of drug-likeness (QED) is 0.739. The van der Waals surface area contributed by atoms with Crippen molar-refractivity contribution in [2.24, 2.45) is 0 Å². The summed E-state index contributed by atoms with van der Waals surface area (Å²) in [5.74, 6) is 0.822. The summed E-state index contributed by atoms with van der Waals surface area (Å²) in [6.07, 6.45) is -0.631. The van der Waals surface area contributed by atoms with Crippen molar-refractivity contribution < 1.29 is 9.84 Å². The van der Waals surface area contributed by atoms with Gasteiger partial charge in [0.1, 0.15) is 11.9 Å². The first-order valence-electron chi connectivity index (χ1n) is 6.18. The molecule has 1 atom stereocenters. The van der Waals surface area contributed by atoms with Crippen LogP contribution in [-0.4, -0.2) is 12.2 Å². The number of benzene rings is 2. The summed E-state index contributed by atoms with van der Waals surface area (Å²) in [4.78, 5) is 0. The van der Waals surface area contributed by atoms with Crippen molar-refractivity contribution in [3.63, 3.8) is 0 Å². The van der Waals surface area contributed by atoms with Crippen LogP contribution in [0.2, 0.25) is 0 Å². The summed E-state index contributed by atoms with van der Waals surface area (Å²) in [6, 6.07) is 13.8. The Labute approximate surface area is 129 Å². The lowest BCUT2D eigenvalue weighted by Gasteiger charge is -2.14. The molecule has 0 saturated carbocycles. The van der Waals surface area contributed by atoms with E-state index in [4.69, 9.17) is 4.74 Å². The number of ether oxygens (including phenoxy) is 1. The van der Waals surface area contributed by atoms with Gasteiger partial charge in [-0.25, -0.2) is 0 Å². The molecular formula is C16H13BrO2S. The summed E-state index contributed by atoms with van der Waals surface area (Å²) in [5, 5.41) is 14.6. The molecule has 1 N–H and O–H groups in total. The molecule has 1 aromatic heterocycles. The number of rotatable bonds is 3. The summed E-state index contributed by atoms with van der Waals surface area (Å²) in [5.41, 5.74) is 1.80. The van der Waals surface area contributed by atoms with Gasteiger partial charge in [-0.15, -0.1) is 11.3 Å². The molecule has 1 unspecified atom stereocenters. The zero-order valence-electron chi connectivity index (χ0n) is 10.8. The Hall–Kier alpha value is -1.36. The van der Waals surface area contributed by atoms with Crippen LogP contribution in [0.4, 0.5) is 0 Å². The van der Waals surface area contributed by atoms with Gasteiger partial charge >= 0.3 is 0 Å². The number of halogens is 1. The molecule has 0 fully saturated rings. The van der Waals surface area contributed by atoms with Gasteiger partial charge in [-0.1, -0.05) is 30.3 Å². The van der Waals surface area contributed by atoms with Gasteiger partial charge in [0.2, 0.25) is 0 Å². The van der Waals surface area contributed by atoms with Gasteiger partial charge in [-0.05, 0) is 50.0 Å². The van der Waals surface area contributed by atoms with E-state index in [1.807, 2.05) is 47.8 Å². The molecule has 0 saturated heterocycles. The number of methoxy groups -OCH3 is 1. The van der Waals surface area contributed by atoms with E-state index in [1.54, 1.807) is 18.4 Å². The molecule has 102 valence electrons. The Morgan fingerprint density at radius 3 is 2.55 bits per heavy atom. The first-order chi connectivity index (χ1) is 9.70. The summed E-state index contributed by atoms with van der Waals surface area (Å²) >= 11 is 5.01.